The van der Waals surface area contributed by atoms with Crippen LogP contribution in [0, 0.1) is 0 Å². The lowest BCUT2D eigenvalue weighted by molar-refractivity contribution is 0.0595. The molecule has 1 aromatic carbocycles. The van der Waals surface area contributed by atoms with Crippen molar-refractivity contribution in [1.82, 2.24) is 20.7 Å². The second-order valence-corrected chi connectivity index (χ2v) is 9.18. The number of aromatic nitrogens is 3. The third-order valence-corrected chi connectivity index (χ3v) is 7.39. The predicted octanol–water partition coefficient (Wildman–Crippen LogP) is 3.59. The second kappa shape index (κ2) is 7.19. The number of nitrogens with one attached hydrogen (secondary N) is 2. The van der Waals surface area contributed by atoms with Crippen molar-refractivity contribution in [2.45, 2.75) is 12.2 Å². The number of hydrogen-bond acceptors (Lipinski definition) is 5. The Morgan fingerprint density at radius 1 is 1.44 bits per heavy atom. The fourth-order valence-electron chi connectivity index (χ4n) is 2.17. The minimum atomic E-state index is -5.75. The fourth-order valence-corrected chi connectivity index (χ4v) is 5.42. The van der Waals surface area contributed by atoms with Gasteiger partial charge < -0.3 is 15.1 Å². The number of thiophene rings is 1. The average molecular weight is 502 g/mol. The van der Waals surface area contributed by atoms with Crippen molar-refractivity contribution in [3.8, 4) is 0 Å². The Balaban J connectivity index is 2.00. The first-order chi connectivity index (χ1) is 12.5. The third-order valence-electron chi connectivity index (χ3n) is 3.48. The lowest BCUT2D eigenvalue weighted by atomic mass is 10.1. The van der Waals surface area contributed by atoms with E-state index in [1.165, 1.54) is 18.3 Å². The molecule has 0 aliphatic rings. The topological polar surface area (TPSA) is 128 Å². The van der Waals surface area contributed by atoms with Crippen molar-refractivity contribution in [3.63, 3.8) is 0 Å². The molecule has 2 aromatic heterocycles. The van der Waals surface area contributed by atoms with Gasteiger partial charge >= 0.3 is 13.3 Å². The molecule has 8 nitrogen and oxygen atoms in total. The standard InChI is InChI=1S/C13H9BrClF2N4O4PS/c14-9-7-1-5(12(22)18-3-6-4-19-21-20-6)2-8(15)10(7)27-11(9)13(16,17)26(23,24)25/h1-2,4H,3H2,(H,18,22)(H,19,20,21)(H2,23,24,25). The predicted molar refractivity (Wildman–Crippen MR) is 98.0 cm³/mol. The minimum absolute atomic E-state index is 0.00227. The van der Waals surface area contributed by atoms with E-state index in [4.69, 9.17) is 21.4 Å². The zero-order valence-corrected chi connectivity index (χ0v) is 17.0. The van der Waals surface area contributed by atoms with Crippen molar-refractivity contribution in [3.05, 3.63) is 44.0 Å². The number of halogens is 4. The largest absolute Gasteiger partial charge is 0.400 e. The van der Waals surface area contributed by atoms with Crippen LogP contribution in [0.15, 0.2) is 22.8 Å². The van der Waals surface area contributed by atoms with Crippen LogP contribution in [0.4, 0.5) is 8.78 Å². The van der Waals surface area contributed by atoms with Crippen LogP contribution < -0.4 is 5.32 Å². The third kappa shape index (κ3) is 3.78. The number of aromatic amines is 1. The van der Waals surface area contributed by atoms with Gasteiger partial charge in [-0.25, -0.2) is 0 Å². The van der Waals surface area contributed by atoms with E-state index >= 15 is 0 Å². The quantitative estimate of drug-likeness (QED) is 0.396. The molecule has 144 valence electrons. The van der Waals surface area contributed by atoms with Crippen LogP contribution >= 0.6 is 46.5 Å². The number of benzene rings is 1. The highest BCUT2D eigenvalue weighted by Gasteiger charge is 2.53. The summed E-state index contributed by atoms with van der Waals surface area (Å²) in [4.78, 5) is 29.3. The van der Waals surface area contributed by atoms with Gasteiger partial charge in [0.05, 0.1) is 16.3 Å². The molecule has 0 saturated heterocycles. The fraction of sp³-hybridized carbons (Fsp3) is 0.154. The average Bonchev–Trinajstić information content (AvgIpc) is 3.20. The molecule has 27 heavy (non-hydrogen) atoms. The molecule has 2 heterocycles. The van der Waals surface area contributed by atoms with Crippen molar-refractivity contribution in [2.75, 3.05) is 0 Å². The normalized spacial score (nSPS) is 12.5. The molecule has 0 unspecified atom stereocenters. The van der Waals surface area contributed by atoms with Gasteiger partial charge in [0.2, 0.25) is 0 Å². The Morgan fingerprint density at radius 3 is 2.74 bits per heavy atom. The van der Waals surface area contributed by atoms with E-state index < -0.39 is 24.0 Å². The maximum atomic E-state index is 14.1. The molecule has 0 aliphatic carbocycles. The summed E-state index contributed by atoms with van der Waals surface area (Å²) in [6, 6.07) is 2.59. The summed E-state index contributed by atoms with van der Waals surface area (Å²) in [5.41, 5.74) is -3.83. The highest BCUT2D eigenvalue weighted by molar-refractivity contribution is 9.10. The number of rotatable bonds is 5. The van der Waals surface area contributed by atoms with E-state index in [1.807, 2.05) is 0 Å². The highest BCUT2D eigenvalue weighted by atomic mass is 79.9. The number of alkyl halides is 2. The molecule has 0 spiro atoms. The zero-order valence-electron chi connectivity index (χ0n) is 12.9. The molecule has 0 fully saturated rings. The number of hydrogen-bond donors (Lipinski definition) is 4. The SMILES string of the molecule is O=C(NCc1c[nH]nn1)c1cc(Cl)c2sc(C(F)(F)P(=O)(O)O)c(Br)c2c1. The number of fused-ring (bicyclic) bond motifs is 1. The molecule has 0 atom stereocenters. The number of carbonyl (C=O) groups excluding carboxylic acids is 1. The van der Waals surface area contributed by atoms with Crippen LogP contribution in [0.3, 0.4) is 0 Å². The van der Waals surface area contributed by atoms with Gasteiger partial charge in [0.25, 0.3) is 5.91 Å². The van der Waals surface area contributed by atoms with Crippen LogP contribution in [-0.4, -0.2) is 31.1 Å². The molecule has 1 amide bonds. The van der Waals surface area contributed by atoms with Gasteiger partial charge in [-0.3, -0.25) is 14.5 Å². The Bertz CT molecular complexity index is 1070. The van der Waals surface area contributed by atoms with Crippen LogP contribution in [0.25, 0.3) is 10.1 Å². The molecule has 0 aliphatic heterocycles. The summed E-state index contributed by atoms with van der Waals surface area (Å²) in [7, 11) is -5.75. The van der Waals surface area contributed by atoms with E-state index in [0.717, 1.165) is 0 Å². The van der Waals surface area contributed by atoms with Gasteiger partial charge in [0.1, 0.15) is 10.6 Å². The van der Waals surface area contributed by atoms with E-state index in [1.54, 1.807) is 0 Å². The Kier molecular flexibility index (Phi) is 5.41. The maximum absolute atomic E-state index is 14.1. The summed E-state index contributed by atoms with van der Waals surface area (Å²) in [5, 5.41) is 12.4. The number of carbonyl (C=O) groups is 1. The van der Waals surface area contributed by atoms with Crippen LogP contribution in [-0.2, 0) is 16.8 Å². The second-order valence-electron chi connectivity index (χ2n) is 5.31. The van der Waals surface area contributed by atoms with E-state index in [0.29, 0.717) is 17.0 Å². The summed E-state index contributed by atoms with van der Waals surface area (Å²) in [6.45, 7) is 0.0807. The van der Waals surface area contributed by atoms with Gasteiger partial charge in [-0.2, -0.15) is 8.78 Å². The summed E-state index contributed by atoms with van der Waals surface area (Å²) >= 11 is 9.48. The number of H-pyrrole nitrogens is 1. The Labute approximate surface area is 167 Å². The van der Waals surface area contributed by atoms with Crippen LogP contribution in [0.5, 0.6) is 0 Å². The van der Waals surface area contributed by atoms with Gasteiger partial charge in [0, 0.05) is 21.6 Å². The molecule has 0 bridgehead atoms. The number of nitrogens with zero attached hydrogens (tertiary/aromatic N) is 2. The van der Waals surface area contributed by atoms with Crippen molar-refractivity contribution in [2.24, 2.45) is 0 Å². The van der Waals surface area contributed by atoms with Gasteiger partial charge in [0.15, 0.2) is 0 Å². The summed E-state index contributed by atoms with van der Waals surface area (Å²) in [6.07, 6.45) is 1.49. The molecule has 14 heteroatoms. The van der Waals surface area contributed by atoms with Gasteiger partial charge in [-0.15, -0.1) is 16.4 Å². The van der Waals surface area contributed by atoms with E-state index in [2.05, 4.69) is 36.7 Å². The molecule has 4 N–H and O–H groups in total. The van der Waals surface area contributed by atoms with Crippen LogP contribution in [0.2, 0.25) is 5.02 Å². The Hall–Kier alpha value is -1.43. The first kappa shape index (κ1) is 20.3. The smallest absolute Gasteiger partial charge is 0.346 e. The summed E-state index contributed by atoms with van der Waals surface area (Å²) < 4.78 is 39.3. The monoisotopic (exact) mass is 500 g/mol. The molecule has 0 saturated carbocycles. The van der Waals surface area contributed by atoms with Gasteiger partial charge in [-0.05, 0) is 28.1 Å². The molecule has 0 radical (unpaired) electrons. The zero-order chi connectivity index (χ0) is 20.0. The van der Waals surface area contributed by atoms with Crippen molar-refractivity contribution >= 4 is 62.5 Å². The van der Waals surface area contributed by atoms with Gasteiger partial charge in [-0.1, -0.05) is 16.8 Å². The lowest BCUT2D eigenvalue weighted by Gasteiger charge is -2.16. The molecular formula is C13H9BrClF2N4O4PS. The first-order valence-corrected chi connectivity index (χ1v) is 10.6. The van der Waals surface area contributed by atoms with Crippen molar-refractivity contribution < 1.29 is 27.9 Å². The summed E-state index contributed by atoms with van der Waals surface area (Å²) in [5.74, 6) is -0.539. The van der Waals surface area contributed by atoms with E-state index in [9.17, 15) is 18.1 Å². The maximum Gasteiger partial charge on any atom is 0.400 e. The first-order valence-electron chi connectivity index (χ1n) is 7.01. The minimum Gasteiger partial charge on any atom is -0.346 e. The lowest BCUT2D eigenvalue weighted by Crippen LogP contribution is -2.22. The number of amides is 1. The van der Waals surface area contributed by atoms with Crippen LogP contribution in [0.1, 0.15) is 20.9 Å². The molecule has 3 rings (SSSR count). The molecule has 3 aromatic rings. The van der Waals surface area contributed by atoms with Crippen molar-refractivity contribution in [1.29, 1.82) is 0 Å². The van der Waals surface area contributed by atoms with E-state index in [-0.39, 0.29) is 31.7 Å². The Morgan fingerprint density at radius 2 is 2.15 bits per heavy atom. The highest BCUT2D eigenvalue weighted by Crippen LogP contribution is 2.63. The molecular weight excluding hydrogens is 493 g/mol.